The van der Waals surface area contributed by atoms with Crippen LogP contribution in [0, 0.1) is 5.82 Å². The number of hydrogen-bond acceptors (Lipinski definition) is 5. The maximum Gasteiger partial charge on any atom is 0.244 e. The molecule has 4 aromatic carbocycles. The van der Waals surface area contributed by atoms with Crippen LogP contribution >= 0.6 is 0 Å². The van der Waals surface area contributed by atoms with Gasteiger partial charge in [-0.2, -0.15) is 0 Å². The van der Waals surface area contributed by atoms with Gasteiger partial charge < -0.3 is 15.0 Å². The Morgan fingerprint density at radius 1 is 0.837 bits per heavy atom. The van der Waals surface area contributed by atoms with Gasteiger partial charge in [-0.3, -0.25) is 13.9 Å². The van der Waals surface area contributed by atoms with Gasteiger partial charge >= 0.3 is 0 Å². The van der Waals surface area contributed by atoms with Gasteiger partial charge in [0, 0.05) is 25.6 Å². The number of rotatable bonds is 13. The van der Waals surface area contributed by atoms with E-state index in [2.05, 4.69) is 5.32 Å². The number of carbonyl (C=O) groups excluding carboxylic acids is 2. The zero-order chi connectivity index (χ0) is 30.8. The third kappa shape index (κ3) is 8.65. The fourth-order valence-electron chi connectivity index (χ4n) is 4.59. The minimum atomic E-state index is -3.94. The monoisotopic (exact) mass is 603 g/mol. The van der Waals surface area contributed by atoms with Gasteiger partial charge in [0.15, 0.2) is 0 Å². The molecule has 2 amide bonds. The van der Waals surface area contributed by atoms with E-state index in [9.17, 15) is 22.4 Å². The van der Waals surface area contributed by atoms with E-state index in [0.29, 0.717) is 12.4 Å². The number of sulfonamides is 1. The highest BCUT2D eigenvalue weighted by atomic mass is 32.2. The lowest BCUT2D eigenvalue weighted by atomic mass is 10.0. The minimum Gasteiger partial charge on any atom is -0.489 e. The van der Waals surface area contributed by atoms with E-state index in [1.165, 1.54) is 30.1 Å². The molecule has 0 heterocycles. The van der Waals surface area contributed by atoms with Crippen molar-refractivity contribution in [3.05, 3.63) is 132 Å². The number of halogens is 1. The van der Waals surface area contributed by atoms with Crippen molar-refractivity contribution in [2.75, 3.05) is 24.2 Å². The van der Waals surface area contributed by atoms with Crippen LogP contribution in [0.3, 0.4) is 0 Å². The lowest BCUT2D eigenvalue weighted by molar-refractivity contribution is -0.139. The summed E-state index contributed by atoms with van der Waals surface area (Å²) >= 11 is 0. The van der Waals surface area contributed by atoms with Crippen LogP contribution in [0.2, 0.25) is 0 Å². The van der Waals surface area contributed by atoms with Crippen LogP contribution in [0.5, 0.6) is 5.75 Å². The van der Waals surface area contributed by atoms with E-state index in [0.717, 1.165) is 21.7 Å². The summed E-state index contributed by atoms with van der Waals surface area (Å²) in [5, 5.41) is 2.59. The van der Waals surface area contributed by atoms with Crippen LogP contribution in [0.15, 0.2) is 109 Å². The highest BCUT2D eigenvalue weighted by Gasteiger charge is 2.33. The van der Waals surface area contributed by atoms with E-state index >= 15 is 0 Å². The molecular weight excluding hydrogens is 569 g/mol. The third-order valence-electron chi connectivity index (χ3n) is 6.87. The Bertz CT molecular complexity index is 1620. The van der Waals surface area contributed by atoms with Crippen molar-refractivity contribution < 1.29 is 27.1 Å². The van der Waals surface area contributed by atoms with Crippen LogP contribution in [0.1, 0.15) is 16.7 Å². The Hall–Kier alpha value is -4.70. The van der Waals surface area contributed by atoms with Gasteiger partial charge in [-0.25, -0.2) is 12.8 Å². The number of nitrogens with one attached hydrogen (secondary N) is 1. The maximum absolute atomic E-state index is 14.8. The molecule has 4 rings (SSSR count). The Labute approximate surface area is 251 Å². The summed E-state index contributed by atoms with van der Waals surface area (Å²) < 4.78 is 47.4. The molecule has 0 unspecified atom stereocenters. The molecule has 0 saturated heterocycles. The first-order valence-electron chi connectivity index (χ1n) is 13.7. The zero-order valence-corrected chi connectivity index (χ0v) is 24.8. The molecule has 0 radical (unpaired) electrons. The molecular formula is C33H34FN3O5S. The Balaban J connectivity index is 1.62. The van der Waals surface area contributed by atoms with E-state index in [-0.39, 0.29) is 24.2 Å². The Morgan fingerprint density at radius 2 is 1.42 bits per heavy atom. The number of anilines is 1. The van der Waals surface area contributed by atoms with Crippen molar-refractivity contribution in [1.29, 1.82) is 0 Å². The number of carbonyl (C=O) groups is 2. The largest absolute Gasteiger partial charge is 0.489 e. The quantitative estimate of drug-likeness (QED) is 0.242. The summed E-state index contributed by atoms with van der Waals surface area (Å²) in [5.41, 5.74) is 2.21. The molecule has 1 N–H and O–H groups in total. The van der Waals surface area contributed by atoms with Crippen LogP contribution in [-0.4, -0.2) is 51.0 Å². The van der Waals surface area contributed by atoms with Gasteiger partial charge in [-0.1, -0.05) is 78.9 Å². The first kappa shape index (κ1) is 31.2. The molecule has 1 atom stereocenters. The lowest BCUT2D eigenvalue weighted by Gasteiger charge is -2.33. The predicted octanol–water partition coefficient (Wildman–Crippen LogP) is 4.56. The summed E-state index contributed by atoms with van der Waals surface area (Å²) in [6.07, 6.45) is 1.15. The molecule has 0 aliphatic heterocycles. The molecule has 43 heavy (non-hydrogen) atoms. The Morgan fingerprint density at radius 3 is 2.00 bits per heavy atom. The molecule has 10 heteroatoms. The normalized spacial score (nSPS) is 11.8. The second kappa shape index (κ2) is 14.5. The fraction of sp³-hybridized carbons (Fsp3) is 0.212. The smallest absolute Gasteiger partial charge is 0.244 e. The van der Waals surface area contributed by atoms with Crippen molar-refractivity contribution in [2.24, 2.45) is 0 Å². The summed E-state index contributed by atoms with van der Waals surface area (Å²) in [6.45, 7) is -0.498. The van der Waals surface area contributed by atoms with E-state index in [1.807, 2.05) is 60.7 Å². The van der Waals surface area contributed by atoms with E-state index in [4.69, 9.17) is 4.74 Å². The van der Waals surface area contributed by atoms with Crippen molar-refractivity contribution in [2.45, 2.75) is 25.6 Å². The second-order valence-corrected chi connectivity index (χ2v) is 11.9. The van der Waals surface area contributed by atoms with Crippen LogP contribution in [-0.2, 0) is 39.2 Å². The van der Waals surface area contributed by atoms with Crippen molar-refractivity contribution >= 4 is 27.5 Å². The molecule has 0 spiro atoms. The highest BCUT2D eigenvalue weighted by molar-refractivity contribution is 7.92. The number of ether oxygens (including phenoxy) is 1. The highest BCUT2D eigenvalue weighted by Crippen LogP contribution is 2.24. The SMILES string of the molecule is CNC(=O)[C@H](Cc1ccccc1)N(Cc1ccccc1F)C(=O)CN(c1ccc(OCc2ccccc2)cc1)S(C)(=O)=O. The third-order valence-corrected chi connectivity index (χ3v) is 8.01. The van der Waals surface area contributed by atoms with Crippen LogP contribution in [0.25, 0.3) is 0 Å². The Kier molecular flexibility index (Phi) is 10.5. The molecule has 0 bridgehead atoms. The average molecular weight is 604 g/mol. The van der Waals surface area contributed by atoms with Crippen molar-refractivity contribution in [3.8, 4) is 5.75 Å². The zero-order valence-electron chi connectivity index (χ0n) is 24.0. The summed E-state index contributed by atoms with van der Waals surface area (Å²) in [7, 11) is -2.48. The number of amides is 2. The van der Waals surface area contributed by atoms with Crippen molar-refractivity contribution in [1.82, 2.24) is 10.2 Å². The van der Waals surface area contributed by atoms with E-state index in [1.54, 1.807) is 30.3 Å². The van der Waals surface area contributed by atoms with Gasteiger partial charge in [-0.05, 0) is 41.5 Å². The molecule has 0 aliphatic carbocycles. The molecule has 0 fully saturated rings. The predicted molar refractivity (Wildman–Crippen MR) is 164 cm³/mol. The average Bonchev–Trinajstić information content (AvgIpc) is 3.01. The summed E-state index contributed by atoms with van der Waals surface area (Å²) in [6, 6.07) is 30.0. The van der Waals surface area contributed by atoms with Crippen molar-refractivity contribution in [3.63, 3.8) is 0 Å². The van der Waals surface area contributed by atoms with Gasteiger partial charge in [-0.15, -0.1) is 0 Å². The van der Waals surface area contributed by atoms with Crippen LogP contribution in [0.4, 0.5) is 10.1 Å². The molecule has 4 aromatic rings. The number of nitrogens with zero attached hydrogens (tertiary/aromatic N) is 2. The summed E-state index contributed by atoms with van der Waals surface area (Å²) in [5.74, 6) is -1.14. The maximum atomic E-state index is 14.8. The standard InChI is InChI=1S/C33H34FN3O5S/c1-35-33(39)31(21-25-11-5-3-6-12-25)36(22-27-15-9-10-16-30(27)34)32(38)23-37(43(2,40)41)28-17-19-29(20-18-28)42-24-26-13-7-4-8-14-26/h3-20,31H,21-24H2,1-2H3,(H,35,39)/t31-/m0/s1. The van der Waals surface area contributed by atoms with E-state index < -0.39 is 40.2 Å². The number of benzene rings is 4. The molecule has 224 valence electrons. The molecule has 8 nitrogen and oxygen atoms in total. The number of likely N-dealkylation sites (N-methyl/N-ethyl adjacent to an activating group) is 1. The van der Waals surface area contributed by atoms with Crippen LogP contribution < -0.4 is 14.4 Å². The first-order valence-corrected chi connectivity index (χ1v) is 15.5. The number of hydrogen-bond donors (Lipinski definition) is 1. The molecule has 0 aromatic heterocycles. The first-order chi connectivity index (χ1) is 20.7. The topological polar surface area (TPSA) is 96.0 Å². The second-order valence-electron chi connectivity index (χ2n) is 9.97. The minimum absolute atomic E-state index is 0.146. The van der Waals surface area contributed by atoms with Gasteiger partial charge in [0.2, 0.25) is 21.8 Å². The fourth-order valence-corrected chi connectivity index (χ4v) is 5.44. The van der Waals surface area contributed by atoms with Gasteiger partial charge in [0.05, 0.1) is 11.9 Å². The molecule has 0 aliphatic rings. The molecule has 0 saturated carbocycles. The van der Waals surface area contributed by atoms with Gasteiger partial charge in [0.1, 0.15) is 30.8 Å². The van der Waals surface area contributed by atoms with Gasteiger partial charge in [0.25, 0.3) is 0 Å². The lowest BCUT2D eigenvalue weighted by Crippen LogP contribution is -2.53. The summed E-state index contributed by atoms with van der Waals surface area (Å²) in [4.78, 5) is 28.3.